The van der Waals surface area contributed by atoms with E-state index < -0.39 is 11.0 Å². The first-order chi connectivity index (χ1) is 11.0. The number of aliphatic hydroxyl groups excluding tert-OH is 1. The molecule has 7 heteroatoms. The summed E-state index contributed by atoms with van der Waals surface area (Å²) in [5.74, 6) is 0.320. The van der Waals surface area contributed by atoms with E-state index in [9.17, 15) is 20.0 Å². The predicted octanol–water partition coefficient (Wildman–Crippen LogP) is 2.07. The summed E-state index contributed by atoms with van der Waals surface area (Å²) in [7, 11) is 1.54. The van der Waals surface area contributed by atoms with Gasteiger partial charge in [-0.3, -0.25) is 14.9 Å². The van der Waals surface area contributed by atoms with Crippen molar-refractivity contribution >= 4 is 11.6 Å². The Balaban J connectivity index is 1.93. The topological polar surface area (TPSA) is 102 Å². The summed E-state index contributed by atoms with van der Waals surface area (Å²) in [5.41, 5.74) is 0.885. The smallest absolute Gasteiger partial charge is 0.269 e. The van der Waals surface area contributed by atoms with Gasteiger partial charge in [0.05, 0.1) is 18.1 Å². The van der Waals surface area contributed by atoms with Crippen molar-refractivity contribution in [2.24, 2.45) is 0 Å². The minimum Gasteiger partial charge on any atom is -0.497 e. The van der Waals surface area contributed by atoms with E-state index in [0.29, 0.717) is 16.9 Å². The number of hydrogen-bond donors (Lipinski definition) is 2. The molecule has 0 saturated heterocycles. The number of aliphatic hydroxyl groups is 1. The van der Waals surface area contributed by atoms with Crippen molar-refractivity contribution in [2.45, 2.75) is 6.10 Å². The number of rotatable bonds is 6. The Morgan fingerprint density at radius 1 is 1.22 bits per heavy atom. The predicted molar refractivity (Wildman–Crippen MR) is 83.4 cm³/mol. The van der Waals surface area contributed by atoms with Gasteiger partial charge in [0.2, 0.25) is 0 Å². The molecule has 2 aromatic carbocycles. The van der Waals surface area contributed by atoms with Crippen LogP contribution >= 0.6 is 0 Å². The fourth-order valence-corrected chi connectivity index (χ4v) is 1.97. The maximum atomic E-state index is 12.0. The fraction of sp³-hybridized carbons (Fsp3) is 0.188. The van der Waals surface area contributed by atoms with Crippen LogP contribution in [0, 0.1) is 10.1 Å². The second-order valence-corrected chi connectivity index (χ2v) is 4.80. The van der Waals surface area contributed by atoms with Crippen LogP contribution in [0.4, 0.5) is 5.69 Å². The maximum absolute atomic E-state index is 12.0. The molecule has 7 nitrogen and oxygen atoms in total. The molecule has 0 aliphatic heterocycles. The van der Waals surface area contributed by atoms with E-state index in [1.165, 1.54) is 31.4 Å². The van der Waals surface area contributed by atoms with E-state index in [1.54, 1.807) is 24.3 Å². The van der Waals surface area contributed by atoms with Crippen LogP contribution in [-0.2, 0) is 0 Å². The normalized spacial score (nSPS) is 11.6. The largest absolute Gasteiger partial charge is 0.497 e. The van der Waals surface area contributed by atoms with E-state index in [-0.39, 0.29) is 18.1 Å². The molecule has 0 fully saturated rings. The van der Waals surface area contributed by atoms with Gasteiger partial charge < -0.3 is 15.2 Å². The van der Waals surface area contributed by atoms with Gasteiger partial charge in [-0.1, -0.05) is 0 Å². The molecule has 1 unspecified atom stereocenters. The first-order valence-electron chi connectivity index (χ1n) is 6.86. The van der Waals surface area contributed by atoms with Crippen LogP contribution in [0.15, 0.2) is 48.5 Å². The first-order valence-corrected chi connectivity index (χ1v) is 6.86. The van der Waals surface area contributed by atoms with Gasteiger partial charge in [0.1, 0.15) is 5.75 Å². The molecular weight excluding hydrogens is 300 g/mol. The SMILES string of the molecule is COc1ccc(C(=O)NCC(O)c2ccc([N+](=O)[O-])cc2)cc1. The van der Waals surface area contributed by atoms with E-state index in [2.05, 4.69) is 5.32 Å². The molecule has 2 rings (SSSR count). The zero-order valence-electron chi connectivity index (χ0n) is 12.4. The van der Waals surface area contributed by atoms with Crippen molar-refractivity contribution in [3.8, 4) is 5.75 Å². The van der Waals surface area contributed by atoms with Crippen LogP contribution in [0.1, 0.15) is 22.0 Å². The number of nitrogens with zero attached hydrogens (tertiary/aromatic N) is 1. The summed E-state index contributed by atoms with van der Waals surface area (Å²) in [6, 6.07) is 12.1. The maximum Gasteiger partial charge on any atom is 0.269 e. The lowest BCUT2D eigenvalue weighted by molar-refractivity contribution is -0.384. The minimum atomic E-state index is -0.946. The zero-order valence-corrected chi connectivity index (χ0v) is 12.4. The van der Waals surface area contributed by atoms with Gasteiger partial charge in [-0.15, -0.1) is 0 Å². The third-order valence-corrected chi connectivity index (χ3v) is 3.30. The lowest BCUT2D eigenvalue weighted by atomic mass is 10.1. The second-order valence-electron chi connectivity index (χ2n) is 4.80. The minimum absolute atomic E-state index is 0.00265. The quantitative estimate of drug-likeness (QED) is 0.627. The molecule has 0 saturated carbocycles. The highest BCUT2D eigenvalue weighted by atomic mass is 16.6. The Kier molecular flexibility index (Phi) is 5.27. The lowest BCUT2D eigenvalue weighted by Crippen LogP contribution is -2.28. The van der Waals surface area contributed by atoms with Gasteiger partial charge in [-0.05, 0) is 42.0 Å². The Morgan fingerprint density at radius 3 is 2.35 bits per heavy atom. The van der Waals surface area contributed by atoms with Crippen molar-refractivity contribution in [1.29, 1.82) is 0 Å². The number of nitro groups is 1. The van der Waals surface area contributed by atoms with Crippen LogP contribution in [0.3, 0.4) is 0 Å². The van der Waals surface area contributed by atoms with E-state index >= 15 is 0 Å². The van der Waals surface area contributed by atoms with Gasteiger partial charge in [0, 0.05) is 24.2 Å². The highest BCUT2D eigenvalue weighted by molar-refractivity contribution is 5.94. The number of nitrogens with one attached hydrogen (secondary N) is 1. The van der Waals surface area contributed by atoms with Gasteiger partial charge in [0.25, 0.3) is 11.6 Å². The standard InChI is InChI=1S/C16H16N2O5/c1-23-14-8-4-12(5-9-14)16(20)17-10-15(19)11-2-6-13(7-3-11)18(21)22/h2-9,15,19H,10H2,1H3,(H,17,20). The number of hydrogen-bond acceptors (Lipinski definition) is 5. The number of carbonyl (C=O) groups excluding carboxylic acids is 1. The molecule has 0 aromatic heterocycles. The van der Waals surface area contributed by atoms with Crippen molar-refractivity contribution in [1.82, 2.24) is 5.32 Å². The Hall–Kier alpha value is -2.93. The monoisotopic (exact) mass is 316 g/mol. The highest BCUT2D eigenvalue weighted by Crippen LogP contribution is 2.17. The number of non-ortho nitro benzene ring substituents is 1. The molecule has 0 bridgehead atoms. The molecule has 2 N–H and O–H groups in total. The highest BCUT2D eigenvalue weighted by Gasteiger charge is 2.12. The second kappa shape index (κ2) is 7.37. The van der Waals surface area contributed by atoms with E-state index in [1.807, 2.05) is 0 Å². The summed E-state index contributed by atoms with van der Waals surface area (Å²) in [5, 5.41) is 23.2. The molecule has 0 spiro atoms. The molecule has 1 atom stereocenters. The Bertz CT molecular complexity index is 683. The molecule has 0 aliphatic rings. The number of ether oxygens (including phenoxy) is 1. The van der Waals surface area contributed by atoms with Crippen LogP contribution in [-0.4, -0.2) is 29.6 Å². The average molecular weight is 316 g/mol. The van der Waals surface area contributed by atoms with E-state index in [0.717, 1.165) is 0 Å². The van der Waals surface area contributed by atoms with Crippen molar-refractivity contribution in [2.75, 3.05) is 13.7 Å². The number of carbonyl (C=O) groups is 1. The number of benzene rings is 2. The summed E-state index contributed by atoms with van der Waals surface area (Å²) in [6.45, 7) is 0.00265. The molecule has 0 radical (unpaired) electrons. The number of amides is 1. The molecule has 120 valence electrons. The third-order valence-electron chi connectivity index (χ3n) is 3.30. The molecule has 0 heterocycles. The van der Waals surface area contributed by atoms with Gasteiger partial charge >= 0.3 is 0 Å². The van der Waals surface area contributed by atoms with Crippen LogP contribution < -0.4 is 10.1 Å². The fourth-order valence-electron chi connectivity index (χ4n) is 1.97. The average Bonchev–Trinajstić information content (AvgIpc) is 2.59. The molecule has 0 aliphatic carbocycles. The molecular formula is C16H16N2O5. The molecule has 1 amide bonds. The van der Waals surface area contributed by atoms with Crippen LogP contribution in [0.2, 0.25) is 0 Å². The van der Waals surface area contributed by atoms with Gasteiger partial charge in [0.15, 0.2) is 0 Å². The van der Waals surface area contributed by atoms with Gasteiger partial charge in [-0.2, -0.15) is 0 Å². The Morgan fingerprint density at radius 2 is 1.83 bits per heavy atom. The summed E-state index contributed by atoms with van der Waals surface area (Å²) in [6.07, 6.45) is -0.946. The summed E-state index contributed by atoms with van der Waals surface area (Å²) < 4.78 is 5.01. The number of methoxy groups -OCH3 is 1. The Labute approximate surface area is 132 Å². The first kappa shape index (κ1) is 16.4. The third kappa shape index (κ3) is 4.27. The summed E-state index contributed by atoms with van der Waals surface area (Å²) in [4.78, 5) is 22.0. The zero-order chi connectivity index (χ0) is 16.8. The van der Waals surface area contributed by atoms with Crippen molar-refractivity contribution in [3.05, 3.63) is 69.8 Å². The van der Waals surface area contributed by atoms with Gasteiger partial charge in [-0.25, -0.2) is 0 Å². The molecule has 23 heavy (non-hydrogen) atoms. The van der Waals surface area contributed by atoms with E-state index in [4.69, 9.17) is 4.74 Å². The van der Waals surface area contributed by atoms with Crippen molar-refractivity contribution in [3.63, 3.8) is 0 Å². The van der Waals surface area contributed by atoms with Crippen LogP contribution in [0.5, 0.6) is 5.75 Å². The van der Waals surface area contributed by atoms with Crippen molar-refractivity contribution < 1.29 is 19.6 Å². The summed E-state index contributed by atoms with van der Waals surface area (Å²) >= 11 is 0. The molecule has 2 aromatic rings. The lowest BCUT2D eigenvalue weighted by Gasteiger charge is -2.12. The number of nitro benzene ring substituents is 1. The van der Waals surface area contributed by atoms with Crippen LogP contribution in [0.25, 0.3) is 0 Å².